The van der Waals surface area contributed by atoms with Gasteiger partial charge in [-0.25, -0.2) is 0 Å². The molecule has 126 valence electrons. The van der Waals surface area contributed by atoms with Gasteiger partial charge in [-0.1, -0.05) is 55.8 Å². The van der Waals surface area contributed by atoms with Crippen LogP contribution in [0.3, 0.4) is 0 Å². The molecule has 2 aromatic carbocycles. The monoisotopic (exact) mass is 332 g/mol. The van der Waals surface area contributed by atoms with Gasteiger partial charge in [0.15, 0.2) is 0 Å². The van der Waals surface area contributed by atoms with Crippen LogP contribution in [-0.4, -0.2) is 31.6 Å². The van der Waals surface area contributed by atoms with E-state index in [4.69, 9.17) is 11.6 Å². The van der Waals surface area contributed by atoms with E-state index < -0.39 is 0 Å². The molecule has 0 bridgehead atoms. The van der Waals surface area contributed by atoms with Gasteiger partial charge >= 0.3 is 0 Å². The number of anilines is 1. The molecule has 0 aromatic heterocycles. The van der Waals surface area contributed by atoms with Crippen LogP contribution in [0.15, 0.2) is 54.6 Å². The SMILES string of the molecule is CCN(C)c1ccc(Cl)cc1.CCN(CC)Cc1ccccc1. The predicted octanol–water partition coefficient (Wildman–Crippen LogP) is 5.32. The first kappa shape index (κ1) is 19.5. The number of benzene rings is 2. The first-order chi connectivity index (χ1) is 11.1. The number of rotatable bonds is 6. The van der Waals surface area contributed by atoms with E-state index in [0.29, 0.717) is 0 Å². The summed E-state index contributed by atoms with van der Waals surface area (Å²) in [6, 6.07) is 18.5. The Morgan fingerprint density at radius 2 is 1.35 bits per heavy atom. The zero-order valence-corrected chi connectivity index (χ0v) is 15.6. The van der Waals surface area contributed by atoms with Crippen molar-refractivity contribution in [2.45, 2.75) is 27.3 Å². The largest absolute Gasteiger partial charge is 0.375 e. The zero-order valence-electron chi connectivity index (χ0n) is 14.8. The van der Waals surface area contributed by atoms with Crippen molar-refractivity contribution in [3.63, 3.8) is 0 Å². The summed E-state index contributed by atoms with van der Waals surface area (Å²) in [4.78, 5) is 4.58. The van der Waals surface area contributed by atoms with E-state index in [-0.39, 0.29) is 0 Å². The third-order valence-corrected chi connectivity index (χ3v) is 4.14. The van der Waals surface area contributed by atoms with Crippen molar-refractivity contribution in [1.29, 1.82) is 0 Å². The van der Waals surface area contributed by atoms with E-state index in [9.17, 15) is 0 Å². The van der Waals surface area contributed by atoms with Crippen LogP contribution in [-0.2, 0) is 6.54 Å². The van der Waals surface area contributed by atoms with Gasteiger partial charge in [0, 0.05) is 30.8 Å². The smallest absolute Gasteiger partial charge is 0.0407 e. The molecule has 0 atom stereocenters. The van der Waals surface area contributed by atoms with Crippen LogP contribution in [0.1, 0.15) is 26.3 Å². The second-order valence-electron chi connectivity index (χ2n) is 5.44. The fourth-order valence-corrected chi connectivity index (χ4v) is 2.29. The van der Waals surface area contributed by atoms with Crippen molar-refractivity contribution >= 4 is 17.3 Å². The first-order valence-corrected chi connectivity index (χ1v) is 8.71. The summed E-state index contributed by atoms with van der Waals surface area (Å²) in [7, 11) is 2.06. The highest BCUT2D eigenvalue weighted by Crippen LogP contribution is 2.15. The van der Waals surface area contributed by atoms with Gasteiger partial charge in [-0.15, -0.1) is 0 Å². The van der Waals surface area contributed by atoms with Crippen molar-refractivity contribution in [3.05, 3.63) is 65.2 Å². The molecular formula is C20H29ClN2. The molecule has 0 aliphatic carbocycles. The van der Waals surface area contributed by atoms with Crippen LogP contribution in [0.5, 0.6) is 0 Å². The number of hydrogen-bond acceptors (Lipinski definition) is 2. The summed E-state index contributed by atoms with van der Waals surface area (Å²) < 4.78 is 0. The van der Waals surface area contributed by atoms with Crippen LogP contribution in [0, 0.1) is 0 Å². The zero-order chi connectivity index (χ0) is 17.1. The standard InChI is InChI=1S/C11H17N.C9H12ClN/c1-3-12(4-2)10-11-8-6-5-7-9-11;1-3-11(2)9-6-4-8(10)5-7-9/h5-9H,3-4,10H2,1-2H3;4-7H,3H2,1-2H3. The predicted molar refractivity (Wildman–Crippen MR) is 103 cm³/mol. The average molecular weight is 333 g/mol. The lowest BCUT2D eigenvalue weighted by Crippen LogP contribution is -2.21. The van der Waals surface area contributed by atoms with Crippen molar-refractivity contribution in [2.75, 3.05) is 31.6 Å². The topological polar surface area (TPSA) is 6.48 Å². The third kappa shape index (κ3) is 7.54. The fraction of sp³-hybridized carbons (Fsp3) is 0.400. The molecule has 2 nitrogen and oxygen atoms in total. The van der Waals surface area contributed by atoms with E-state index in [1.807, 2.05) is 24.3 Å². The van der Waals surface area contributed by atoms with E-state index in [2.05, 4.69) is 68.0 Å². The van der Waals surface area contributed by atoms with Crippen molar-refractivity contribution in [2.24, 2.45) is 0 Å². The van der Waals surface area contributed by atoms with E-state index in [0.717, 1.165) is 31.2 Å². The summed E-state index contributed by atoms with van der Waals surface area (Å²) >= 11 is 5.74. The van der Waals surface area contributed by atoms with Gasteiger partial charge in [-0.05, 0) is 49.8 Å². The number of hydrogen-bond donors (Lipinski definition) is 0. The van der Waals surface area contributed by atoms with E-state index >= 15 is 0 Å². The number of halogens is 1. The Morgan fingerprint density at radius 3 is 1.83 bits per heavy atom. The van der Waals surface area contributed by atoms with Crippen molar-refractivity contribution < 1.29 is 0 Å². The second kappa shape index (κ2) is 11.1. The molecule has 0 amide bonds. The van der Waals surface area contributed by atoms with Crippen LogP contribution in [0.25, 0.3) is 0 Å². The molecule has 23 heavy (non-hydrogen) atoms. The minimum absolute atomic E-state index is 0.790. The number of nitrogens with zero attached hydrogens (tertiary/aromatic N) is 2. The molecule has 0 saturated heterocycles. The summed E-state index contributed by atoms with van der Waals surface area (Å²) in [5.41, 5.74) is 2.61. The van der Waals surface area contributed by atoms with Crippen LogP contribution < -0.4 is 4.90 Å². The molecule has 0 fully saturated rings. The lowest BCUT2D eigenvalue weighted by molar-refractivity contribution is 0.296. The molecule has 3 heteroatoms. The highest BCUT2D eigenvalue weighted by atomic mass is 35.5. The maximum absolute atomic E-state index is 5.74. The maximum Gasteiger partial charge on any atom is 0.0407 e. The molecule has 0 unspecified atom stereocenters. The maximum atomic E-state index is 5.74. The Balaban J connectivity index is 0.000000231. The third-order valence-electron chi connectivity index (χ3n) is 3.89. The fourth-order valence-electron chi connectivity index (χ4n) is 2.17. The molecule has 0 aliphatic heterocycles. The van der Waals surface area contributed by atoms with Gasteiger partial charge in [0.05, 0.1) is 0 Å². The minimum atomic E-state index is 0.790. The van der Waals surface area contributed by atoms with Gasteiger partial charge in [-0.2, -0.15) is 0 Å². The van der Waals surface area contributed by atoms with Crippen molar-refractivity contribution in [3.8, 4) is 0 Å². The molecule has 0 saturated carbocycles. The van der Waals surface area contributed by atoms with Gasteiger partial charge in [-0.3, -0.25) is 4.90 Å². The second-order valence-corrected chi connectivity index (χ2v) is 5.87. The molecule has 2 rings (SSSR count). The summed E-state index contributed by atoms with van der Waals surface area (Å²) in [6.07, 6.45) is 0. The highest BCUT2D eigenvalue weighted by Gasteiger charge is 1.98. The first-order valence-electron chi connectivity index (χ1n) is 8.33. The van der Waals surface area contributed by atoms with E-state index in [1.54, 1.807) is 0 Å². The summed E-state index contributed by atoms with van der Waals surface area (Å²) in [5, 5.41) is 0.790. The Kier molecular flexibility index (Phi) is 9.42. The molecular weight excluding hydrogens is 304 g/mol. The Bertz CT molecular complexity index is 521. The van der Waals surface area contributed by atoms with Gasteiger partial charge in [0.2, 0.25) is 0 Å². The van der Waals surface area contributed by atoms with Crippen LogP contribution in [0.2, 0.25) is 5.02 Å². The Morgan fingerprint density at radius 1 is 0.783 bits per heavy atom. The van der Waals surface area contributed by atoms with Gasteiger partial charge in [0.1, 0.15) is 0 Å². The van der Waals surface area contributed by atoms with Crippen LogP contribution >= 0.6 is 11.6 Å². The summed E-state index contributed by atoms with van der Waals surface area (Å²) in [5.74, 6) is 0. The molecule has 0 radical (unpaired) electrons. The molecule has 0 spiro atoms. The average Bonchev–Trinajstić information content (AvgIpc) is 2.61. The summed E-state index contributed by atoms with van der Waals surface area (Å²) in [6.45, 7) is 10.9. The molecule has 2 aromatic rings. The Labute approximate surface area is 146 Å². The lowest BCUT2D eigenvalue weighted by Gasteiger charge is -2.17. The van der Waals surface area contributed by atoms with Gasteiger partial charge in [0.25, 0.3) is 0 Å². The minimum Gasteiger partial charge on any atom is -0.375 e. The van der Waals surface area contributed by atoms with Crippen molar-refractivity contribution in [1.82, 2.24) is 4.90 Å². The van der Waals surface area contributed by atoms with Gasteiger partial charge < -0.3 is 4.90 Å². The molecule has 0 aliphatic rings. The Hall–Kier alpha value is -1.51. The molecule has 0 heterocycles. The highest BCUT2D eigenvalue weighted by molar-refractivity contribution is 6.30. The van der Waals surface area contributed by atoms with E-state index in [1.165, 1.54) is 11.3 Å². The normalized spacial score (nSPS) is 10.2. The lowest BCUT2D eigenvalue weighted by atomic mass is 10.2. The van der Waals surface area contributed by atoms with Crippen LogP contribution in [0.4, 0.5) is 5.69 Å². The quantitative estimate of drug-likeness (QED) is 0.706. The molecule has 0 N–H and O–H groups in total.